The van der Waals surface area contributed by atoms with Crippen LogP contribution in [-0.4, -0.2) is 23.2 Å². The van der Waals surface area contributed by atoms with Gasteiger partial charge in [0.15, 0.2) is 0 Å². The van der Waals surface area contributed by atoms with Crippen LogP contribution in [0.3, 0.4) is 0 Å². The van der Waals surface area contributed by atoms with Crippen LogP contribution < -0.4 is 10.5 Å². The monoisotopic (exact) mass is 217 g/mol. The molecule has 2 aromatic rings. The highest BCUT2D eigenvalue weighted by Crippen LogP contribution is 2.31. The summed E-state index contributed by atoms with van der Waals surface area (Å²) in [5, 5.41) is 6.63. The highest BCUT2D eigenvalue weighted by molar-refractivity contribution is 6.00. The average molecular weight is 217 g/mol. The molecular weight excluding hydrogens is 206 g/mol. The first kappa shape index (κ1) is 10.2. The van der Waals surface area contributed by atoms with Crippen molar-refractivity contribution in [3.05, 3.63) is 36.0 Å². The number of H-pyrrole nitrogens is 1. The van der Waals surface area contributed by atoms with E-state index in [1.807, 2.05) is 0 Å². The predicted molar refractivity (Wildman–Crippen MR) is 59.1 cm³/mol. The molecule has 1 aromatic carbocycles. The lowest BCUT2D eigenvalue weighted by Crippen LogP contribution is -2.13. The van der Waals surface area contributed by atoms with Crippen molar-refractivity contribution >= 4 is 5.91 Å². The Hall–Kier alpha value is -2.30. The second kappa shape index (κ2) is 4.06. The third-order valence-electron chi connectivity index (χ3n) is 2.28. The molecular formula is C11H11N3O2. The van der Waals surface area contributed by atoms with Crippen molar-refractivity contribution < 1.29 is 9.53 Å². The quantitative estimate of drug-likeness (QED) is 0.810. The molecule has 0 saturated carbocycles. The maximum absolute atomic E-state index is 11.3. The fourth-order valence-electron chi connectivity index (χ4n) is 1.58. The number of benzene rings is 1. The SMILES string of the molecule is COc1cccc(C(N)=O)c1-c1ccn[nH]1. The van der Waals surface area contributed by atoms with Crippen LogP contribution in [0.15, 0.2) is 30.5 Å². The van der Waals surface area contributed by atoms with Gasteiger partial charge < -0.3 is 10.5 Å². The number of amides is 1. The number of rotatable bonds is 3. The second-order valence-corrected chi connectivity index (χ2v) is 3.22. The zero-order chi connectivity index (χ0) is 11.5. The molecule has 1 aromatic heterocycles. The first-order valence-electron chi connectivity index (χ1n) is 4.70. The number of ether oxygens (including phenoxy) is 1. The van der Waals surface area contributed by atoms with Crippen LogP contribution in [0.4, 0.5) is 0 Å². The van der Waals surface area contributed by atoms with Crippen molar-refractivity contribution in [1.82, 2.24) is 10.2 Å². The number of aromatic nitrogens is 2. The number of hydrogen-bond donors (Lipinski definition) is 2. The third kappa shape index (κ3) is 1.63. The molecule has 16 heavy (non-hydrogen) atoms. The molecule has 0 unspecified atom stereocenters. The van der Waals surface area contributed by atoms with Gasteiger partial charge in [-0.2, -0.15) is 5.10 Å². The number of primary amides is 1. The molecule has 3 N–H and O–H groups in total. The molecule has 0 fully saturated rings. The maximum Gasteiger partial charge on any atom is 0.249 e. The summed E-state index contributed by atoms with van der Waals surface area (Å²) in [6.45, 7) is 0. The van der Waals surface area contributed by atoms with Crippen LogP contribution in [0.2, 0.25) is 0 Å². The van der Waals surface area contributed by atoms with Crippen LogP contribution >= 0.6 is 0 Å². The number of aromatic amines is 1. The van der Waals surface area contributed by atoms with Gasteiger partial charge in [-0.15, -0.1) is 0 Å². The number of nitrogens with two attached hydrogens (primary N) is 1. The normalized spacial score (nSPS) is 10.1. The zero-order valence-electron chi connectivity index (χ0n) is 8.73. The van der Waals surface area contributed by atoms with Gasteiger partial charge in [-0.05, 0) is 18.2 Å². The lowest BCUT2D eigenvalue weighted by Gasteiger charge is -2.09. The number of carbonyl (C=O) groups is 1. The van der Waals surface area contributed by atoms with Crippen molar-refractivity contribution in [1.29, 1.82) is 0 Å². The molecule has 0 aliphatic rings. The summed E-state index contributed by atoms with van der Waals surface area (Å²) >= 11 is 0. The van der Waals surface area contributed by atoms with Crippen molar-refractivity contribution in [3.8, 4) is 17.0 Å². The standard InChI is InChI=1S/C11H11N3O2/c1-16-9-4-2-3-7(11(12)15)10(9)8-5-6-13-14-8/h2-6H,1H3,(H2,12,15)(H,13,14). The van der Waals surface area contributed by atoms with Crippen molar-refractivity contribution in [2.24, 2.45) is 5.73 Å². The predicted octanol–water partition coefficient (Wildman–Crippen LogP) is 1.18. The van der Waals surface area contributed by atoms with Gasteiger partial charge in [-0.3, -0.25) is 9.89 Å². The summed E-state index contributed by atoms with van der Waals surface area (Å²) in [4.78, 5) is 11.3. The Morgan fingerprint density at radius 1 is 1.44 bits per heavy atom. The fourth-order valence-corrected chi connectivity index (χ4v) is 1.58. The number of methoxy groups -OCH3 is 1. The van der Waals surface area contributed by atoms with Crippen LogP contribution in [0.1, 0.15) is 10.4 Å². The molecule has 0 aliphatic carbocycles. The highest BCUT2D eigenvalue weighted by Gasteiger charge is 2.15. The largest absolute Gasteiger partial charge is 0.496 e. The van der Waals surface area contributed by atoms with Gasteiger partial charge >= 0.3 is 0 Å². The minimum absolute atomic E-state index is 0.406. The smallest absolute Gasteiger partial charge is 0.249 e. The molecule has 5 nitrogen and oxygen atoms in total. The molecule has 0 spiro atoms. The number of hydrogen-bond acceptors (Lipinski definition) is 3. The molecule has 2 rings (SSSR count). The highest BCUT2D eigenvalue weighted by atomic mass is 16.5. The zero-order valence-corrected chi connectivity index (χ0v) is 8.73. The van der Waals surface area contributed by atoms with Crippen LogP contribution in [0, 0.1) is 0 Å². The Kier molecular flexibility index (Phi) is 2.59. The summed E-state index contributed by atoms with van der Waals surface area (Å²) in [6.07, 6.45) is 1.60. The van der Waals surface area contributed by atoms with Crippen molar-refractivity contribution in [3.63, 3.8) is 0 Å². The summed E-state index contributed by atoms with van der Waals surface area (Å²) in [7, 11) is 1.54. The summed E-state index contributed by atoms with van der Waals surface area (Å²) < 4.78 is 5.20. The van der Waals surface area contributed by atoms with Gasteiger partial charge in [0.25, 0.3) is 0 Å². The molecule has 0 radical (unpaired) electrons. The first-order chi connectivity index (χ1) is 7.74. The molecule has 0 atom stereocenters. The molecule has 5 heteroatoms. The van der Waals surface area contributed by atoms with E-state index in [0.29, 0.717) is 22.6 Å². The molecule has 0 saturated heterocycles. The van der Waals surface area contributed by atoms with E-state index in [-0.39, 0.29) is 0 Å². The van der Waals surface area contributed by atoms with Crippen LogP contribution in [0.5, 0.6) is 5.75 Å². The van der Waals surface area contributed by atoms with E-state index in [0.717, 1.165) is 0 Å². The summed E-state index contributed by atoms with van der Waals surface area (Å²) in [6, 6.07) is 6.90. The number of nitrogens with zero attached hydrogens (tertiary/aromatic N) is 1. The lowest BCUT2D eigenvalue weighted by atomic mass is 10.0. The van der Waals surface area contributed by atoms with Gasteiger partial charge in [-0.25, -0.2) is 0 Å². The van der Waals surface area contributed by atoms with Gasteiger partial charge in [0, 0.05) is 6.20 Å². The Bertz CT molecular complexity index is 506. The Balaban J connectivity index is 2.68. The lowest BCUT2D eigenvalue weighted by molar-refractivity contribution is 0.100. The van der Waals surface area contributed by atoms with E-state index < -0.39 is 5.91 Å². The van der Waals surface area contributed by atoms with E-state index in [2.05, 4.69) is 10.2 Å². The molecule has 1 heterocycles. The second-order valence-electron chi connectivity index (χ2n) is 3.22. The number of nitrogens with one attached hydrogen (secondary N) is 1. The fraction of sp³-hybridized carbons (Fsp3) is 0.0909. The maximum atomic E-state index is 11.3. The molecule has 0 aliphatic heterocycles. The van der Waals surface area contributed by atoms with Gasteiger partial charge in [-0.1, -0.05) is 6.07 Å². The number of carbonyl (C=O) groups excluding carboxylic acids is 1. The van der Waals surface area contributed by atoms with E-state index in [9.17, 15) is 4.79 Å². The van der Waals surface area contributed by atoms with Gasteiger partial charge in [0.05, 0.1) is 23.9 Å². The average Bonchev–Trinajstić information content (AvgIpc) is 2.81. The molecule has 0 bridgehead atoms. The van der Waals surface area contributed by atoms with E-state index >= 15 is 0 Å². The molecule has 82 valence electrons. The Morgan fingerprint density at radius 2 is 2.25 bits per heavy atom. The van der Waals surface area contributed by atoms with E-state index in [1.165, 1.54) is 0 Å². The first-order valence-corrected chi connectivity index (χ1v) is 4.70. The molecule has 1 amide bonds. The topological polar surface area (TPSA) is 81.0 Å². The van der Waals surface area contributed by atoms with Crippen LogP contribution in [0.25, 0.3) is 11.3 Å². The van der Waals surface area contributed by atoms with E-state index in [1.54, 1.807) is 37.6 Å². The minimum atomic E-state index is -0.497. The van der Waals surface area contributed by atoms with Gasteiger partial charge in [0.2, 0.25) is 5.91 Å². The third-order valence-corrected chi connectivity index (χ3v) is 2.28. The van der Waals surface area contributed by atoms with E-state index in [4.69, 9.17) is 10.5 Å². The Labute approximate surface area is 92.2 Å². The minimum Gasteiger partial charge on any atom is -0.496 e. The van der Waals surface area contributed by atoms with Crippen LogP contribution in [-0.2, 0) is 0 Å². The van der Waals surface area contributed by atoms with Gasteiger partial charge in [0.1, 0.15) is 5.75 Å². The van der Waals surface area contributed by atoms with Crippen molar-refractivity contribution in [2.45, 2.75) is 0 Å². The summed E-state index contributed by atoms with van der Waals surface area (Å²) in [5.41, 5.74) is 7.06. The Morgan fingerprint density at radius 3 is 2.81 bits per heavy atom. The van der Waals surface area contributed by atoms with Crippen molar-refractivity contribution in [2.75, 3.05) is 7.11 Å². The summed E-state index contributed by atoms with van der Waals surface area (Å²) in [5.74, 6) is 0.0871.